The number of benzene rings is 2. The van der Waals surface area contributed by atoms with Gasteiger partial charge in [-0.1, -0.05) is 47.7 Å². The standard InChI is InChI=1S/C19H21N5O2.ClH/c20-11-13-23(12-10-15-6-2-1-3-7-15)18(25)14-24-19(26)16-8-4-5-9-17(16)21-22-24;/h1-9H,10-14,20H2;1H. The van der Waals surface area contributed by atoms with Crippen LogP contribution in [0.15, 0.2) is 59.4 Å². The van der Waals surface area contributed by atoms with Gasteiger partial charge in [-0.3, -0.25) is 9.59 Å². The van der Waals surface area contributed by atoms with Crippen molar-refractivity contribution in [1.82, 2.24) is 19.9 Å². The lowest BCUT2D eigenvalue weighted by Crippen LogP contribution is -2.41. The van der Waals surface area contributed by atoms with Gasteiger partial charge < -0.3 is 10.6 Å². The van der Waals surface area contributed by atoms with Crippen LogP contribution in [0.5, 0.6) is 0 Å². The number of halogens is 1. The Morgan fingerprint density at radius 2 is 1.74 bits per heavy atom. The van der Waals surface area contributed by atoms with Crippen molar-refractivity contribution < 1.29 is 4.79 Å². The maximum Gasteiger partial charge on any atom is 0.278 e. The van der Waals surface area contributed by atoms with Crippen LogP contribution in [-0.2, 0) is 17.8 Å². The van der Waals surface area contributed by atoms with Gasteiger partial charge in [0.1, 0.15) is 12.1 Å². The van der Waals surface area contributed by atoms with Crippen molar-refractivity contribution in [3.63, 3.8) is 0 Å². The Morgan fingerprint density at radius 1 is 1.04 bits per heavy atom. The molecule has 3 aromatic rings. The van der Waals surface area contributed by atoms with Crippen molar-refractivity contribution in [2.45, 2.75) is 13.0 Å². The van der Waals surface area contributed by atoms with Crippen LogP contribution < -0.4 is 11.3 Å². The van der Waals surface area contributed by atoms with Crippen LogP contribution in [0, 0.1) is 0 Å². The lowest BCUT2D eigenvalue weighted by Gasteiger charge is -2.22. The predicted molar refractivity (Wildman–Crippen MR) is 107 cm³/mol. The van der Waals surface area contributed by atoms with Crippen molar-refractivity contribution in [2.75, 3.05) is 19.6 Å². The molecular weight excluding hydrogens is 366 g/mol. The lowest BCUT2D eigenvalue weighted by molar-refractivity contribution is -0.132. The Hall–Kier alpha value is -2.77. The molecule has 1 aromatic heterocycles. The number of hydrogen-bond donors (Lipinski definition) is 1. The minimum Gasteiger partial charge on any atom is -0.339 e. The van der Waals surface area contributed by atoms with Gasteiger partial charge in [-0.25, -0.2) is 4.68 Å². The molecule has 0 aliphatic carbocycles. The molecule has 7 nitrogen and oxygen atoms in total. The number of aromatic nitrogens is 3. The van der Waals surface area contributed by atoms with E-state index in [1.165, 1.54) is 0 Å². The summed E-state index contributed by atoms with van der Waals surface area (Å²) in [5.74, 6) is -0.196. The monoisotopic (exact) mass is 387 g/mol. The fourth-order valence-electron chi connectivity index (χ4n) is 2.78. The summed E-state index contributed by atoms with van der Waals surface area (Å²) in [5.41, 5.74) is 6.98. The molecule has 0 fully saturated rings. The molecule has 27 heavy (non-hydrogen) atoms. The molecule has 3 rings (SSSR count). The van der Waals surface area contributed by atoms with Crippen LogP contribution in [0.2, 0.25) is 0 Å². The van der Waals surface area contributed by atoms with Crippen molar-refractivity contribution in [3.05, 3.63) is 70.5 Å². The van der Waals surface area contributed by atoms with Crippen LogP contribution in [0.1, 0.15) is 5.56 Å². The highest BCUT2D eigenvalue weighted by Crippen LogP contribution is 2.05. The zero-order valence-electron chi connectivity index (χ0n) is 14.8. The second-order valence-corrected chi connectivity index (χ2v) is 5.97. The smallest absolute Gasteiger partial charge is 0.278 e. The molecule has 0 aliphatic rings. The zero-order chi connectivity index (χ0) is 18.4. The maximum atomic E-state index is 12.7. The summed E-state index contributed by atoms with van der Waals surface area (Å²) >= 11 is 0. The molecular formula is C19H22ClN5O2. The molecule has 0 saturated carbocycles. The highest BCUT2D eigenvalue weighted by molar-refractivity contribution is 5.85. The normalized spacial score (nSPS) is 10.4. The molecule has 0 saturated heterocycles. The van der Waals surface area contributed by atoms with Crippen molar-refractivity contribution in [1.29, 1.82) is 0 Å². The molecule has 2 aromatic carbocycles. The Morgan fingerprint density at radius 3 is 2.48 bits per heavy atom. The molecule has 142 valence electrons. The van der Waals surface area contributed by atoms with Crippen molar-refractivity contribution in [3.8, 4) is 0 Å². The van der Waals surface area contributed by atoms with Gasteiger partial charge in [-0.15, -0.1) is 17.5 Å². The molecule has 2 N–H and O–H groups in total. The first-order valence-electron chi connectivity index (χ1n) is 8.53. The quantitative estimate of drug-likeness (QED) is 0.658. The zero-order valence-corrected chi connectivity index (χ0v) is 15.6. The van der Waals surface area contributed by atoms with E-state index in [0.717, 1.165) is 16.7 Å². The molecule has 1 heterocycles. The highest BCUT2D eigenvalue weighted by Gasteiger charge is 2.16. The minimum atomic E-state index is -0.320. The van der Waals surface area contributed by atoms with Crippen LogP contribution in [0.4, 0.5) is 0 Å². The third-order valence-electron chi connectivity index (χ3n) is 4.18. The topological polar surface area (TPSA) is 94.1 Å². The average molecular weight is 388 g/mol. The average Bonchev–Trinajstić information content (AvgIpc) is 2.68. The van der Waals surface area contributed by atoms with Crippen LogP contribution in [0.25, 0.3) is 10.9 Å². The number of carbonyl (C=O) groups excluding carboxylic acids is 1. The number of fused-ring (bicyclic) bond motifs is 1. The first-order valence-corrected chi connectivity index (χ1v) is 8.53. The fourth-order valence-corrected chi connectivity index (χ4v) is 2.78. The van der Waals surface area contributed by atoms with E-state index < -0.39 is 0 Å². The number of nitrogens with zero attached hydrogens (tertiary/aromatic N) is 4. The van der Waals surface area contributed by atoms with E-state index in [4.69, 9.17) is 5.73 Å². The van der Waals surface area contributed by atoms with Gasteiger partial charge in [-0.05, 0) is 24.1 Å². The molecule has 1 amide bonds. The second-order valence-electron chi connectivity index (χ2n) is 5.97. The summed E-state index contributed by atoms with van der Waals surface area (Å²) in [7, 11) is 0. The molecule has 0 aliphatic heterocycles. The van der Waals surface area contributed by atoms with E-state index in [2.05, 4.69) is 10.3 Å². The first kappa shape index (κ1) is 20.5. The van der Waals surface area contributed by atoms with Gasteiger partial charge in [0, 0.05) is 19.6 Å². The number of amides is 1. The second kappa shape index (κ2) is 9.80. The lowest BCUT2D eigenvalue weighted by atomic mass is 10.1. The largest absolute Gasteiger partial charge is 0.339 e. The van der Waals surface area contributed by atoms with Gasteiger partial charge in [0.05, 0.1) is 5.39 Å². The maximum absolute atomic E-state index is 12.7. The molecule has 0 spiro atoms. The van der Waals surface area contributed by atoms with Crippen LogP contribution >= 0.6 is 12.4 Å². The van der Waals surface area contributed by atoms with Crippen LogP contribution in [-0.4, -0.2) is 45.4 Å². The summed E-state index contributed by atoms with van der Waals surface area (Å²) < 4.78 is 1.11. The number of hydrogen-bond acceptors (Lipinski definition) is 5. The highest BCUT2D eigenvalue weighted by atomic mass is 35.5. The van der Waals surface area contributed by atoms with Gasteiger partial charge >= 0.3 is 0 Å². The van der Waals surface area contributed by atoms with Crippen molar-refractivity contribution >= 4 is 29.2 Å². The minimum absolute atomic E-state index is 0. The molecule has 0 atom stereocenters. The number of carbonyl (C=O) groups is 1. The van der Waals surface area contributed by atoms with Gasteiger partial charge in [0.15, 0.2) is 0 Å². The van der Waals surface area contributed by atoms with Gasteiger partial charge in [0.25, 0.3) is 5.56 Å². The molecule has 0 radical (unpaired) electrons. The third kappa shape index (κ3) is 5.12. The summed E-state index contributed by atoms with van der Waals surface area (Å²) in [4.78, 5) is 26.8. The fraction of sp³-hybridized carbons (Fsp3) is 0.263. The molecule has 8 heteroatoms. The van der Waals surface area contributed by atoms with E-state index in [0.29, 0.717) is 30.5 Å². The van der Waals surface area contributed by atoms with E-state index >= 15 is 0 Å². The van der Waals surface area contributed by atoms with E-state index in [9.17, 15) is 9.59 Å². The SMILES string of the molecule is Cl.NCCN(CCc1ccccc1)C(=O)Cn1nnc2ccccc2c1=O. The Kier molecular flexibility index (Phi) is 7.45. The van der Waals surface area contributed by atoms with E-state index in [1.54, 1.807) is 29.2 Å². The molecule has 0 unspecified atom stereocenters. The van der Waals surface area contributed by atoms with Gasteiger partial charge in [0.2, 0.25) is 5.91 Å². The third-order valence-corrected chi connectivity index (χ3v) is 4.18. The van der Waals surface area contributed by atoms with Gasteiger partial charge in [-0.2, -0.15) is 0 Å². The summed E-state index contributed by atoms with van der Waals surface area (Å²) in [5, 5.41) is 8.34. The molecule has 0 bridgehead atoms. The summed E-state index contributed by atoms with van der Waals surface area (Å²) in [6, 6.07) is 16.9. The first-order chi connectivity index (χ1) is 12.7. The summed E-state index contributed by atoms with van der Waals surface area (Å²) in [6.07, 6.45) is 0.727. The van der Waals surface area contributed by atoms with E-state index in [1.807, 2.05) is 30.3 Å². The predicted octanol–water partition coefficient (Wildman–Crippen LogP) is 1.24. The summed E-state index contributed by atoms with van der Waals surface area (Å²) in [6.45, 7) is 1.18. The number of rotatable bonds is 7. The number of nitrogens with two attached hydrogens (primary N) is 1. The Bertz CT molecular complexity index is 945. The Labute approximate surface area is 163 Å². The van der Waals surface area contributed by atoms with Crippen molar-refractivity contribution in [2.24, 2.45) is 5.73 Å². The van der Waals surface area contributed by atoms with E-state index in [-0.39, 0.29) is 30.4 Å². The van der Waals surface area contributed by atoms with Crippen LogP contribution in [0.3, 0.4) is 0 Å². The Balaban J connectivity index is 0.00000261.